The van der Waals surface area contributed by atoms with Crippen molar-refractivity contribution in [2.45, 2.75) is 33.6 Å². The quantitative estimate of drug-likeness (QED) is 0.366. The average molecular weight is 368 g/mol. The molecule has 0 aromatic heterocycles. The lowest BCUT2D eigenvalue weighted by molar-refractivity contribution is -0.115. The minimum absolute atomic E-state index is 0.000702. The summed E-state index contributed by atoms with van der Waals surface area (Å²) in [6, 6.07) is 9.41. The summed E-state index contributed by atoms with van der Waals surface area (Å²) in [6.07, 6.45) is 11.0. The van der Waals surface area contributed by atoms with Crippen molar-refractivity contribution < 1.29 is 9.59 Å². The fourth-order valence-corrected chi connectivity index (χ4v) is 3.43. The fourth-order valence-electron chi connectivity index (χ4n) is 2.49. The zero-order valence-electron chi connectivity index (χ0n) is 15.6. The molecule has 0 bridgehead atoms. The van der Waals surface area contributed by atoms with Crippen LogP contribution >= 0.6 is 11.8 Å². The van der Waals surface area contributed by atoms with E-state index in [1.165, 1.54) is 29.0 Å². The molecule has 0 radical (unpaired) electrons. The number of para-hydroxylation sites is 1. The number of amides is 1. The summed E-state index contributed by atoms with van der Waals surface area (Å²) >= 11 is 1.40. The van der Waals surface area contributed by atoms with E-state index in [1.54, 1.807) is 17.1 Å². The second-order valence-electron chi connectivity index (χ2n) is 6.43. The molecule has 0 N–H and O–H groups in total. The van der Waals surface area contributed by atoms with E-state index in [0.717, 1.165) is 18.5 Å². The van der Waals surface area contributed by atoms with Crippen molar-refractivity contribution in [2.75, 3.05) is 10.7 Å². The summed E-state index contributed by atoms with van der Waals surface area (Å²) in [6.45, 7) is 6.25. The Hall–Kier alpha value is -2.33. The van der Waals surface area contributed by atoms with Crippen LogP contribution in [0.3, 0.4) is 0 Å². The highest BCUT2D eigenvalue weighted by molar-refractivity contribution is 8.04. The largest absolute Gasteiger partial charge is 0.290 e. The Morgan fingerprint density at radius 1 is 1.19 bits per heavy atom. The summed E-state index contributed by atoms with van der Waals surface area (Å²) in [5, 5.41) is 0.681. The van der Waals surface area contributed by atoms with Gasteiger partial charge in [0.15, 0.2) is 5.78 Å². The molecule has 0 spiro atoms. The van der Waals surface area contributed by atoms with Crippen LogP contribution in [0.4, 0.5) is 5.69 Å². The van der Waals surface area contributed by atoms with Crippen LogP contribution in [-0.4, -0.2) is 17.4 Å². The predicted molar refractivity (Wildman–Crippen MR) is 111 cm³/mol. The molecule has 1 heterocycles. The number of hydrogen-bond acceptors (Lipinski definition) is 3. The summed E-state index contributed by atoms with van der Waals surface area (Å²) in [4.78, 5) is 26.0. The number of nitrogens with zero attached hydrogens (tertiary/aromatic N) is 1. The summed E-state index contributed by atoms with van der Waals surface area (Å²) in [5.41, 5.74) is 3.35. The Morgan fingerprint density at radius 3 is 2.62 bits per heavy atom. The fraction of sp³-hybridized carbons (Fsp3) is 0.273. The topological polar surface area (TPSA) is 37.4 Å². The molecule has 26 heavy (non-hydrogen) atoms. The van der Waals surface area contributed by atoms with Gasteiger partial charge in [-0.3, -0.25) is 14.5 Å². The number of carbonyl (C=O) groups excluding carboxylic acids is 2. The minimum atomic E-state index is -0.114. The molecule has 1 amide bonds. The van der Waals surface area contributed by atoms with Crippen LogP contribution < -0.4 is 4.90 Å². The molecule has 1 aromatic carbocycles. The van der Waals surface area contributed by atoms with Crippen molar-refractivity contribution >= 4 is 29.1 Å². The van der Waals surface area contributed by atoms with Gasteiger partial charge in [-0.25, -0.2) is 0 Å². The van der Waals surface area contributed by atoms with Crippen molar-refractivity contribution in [3.05, 3.63) is 76.9 Å². The highest BCUT2D eigenvalue weighted by atomic mass is 32.2. The first-order valence-corrected chi connectivity index (χ1v) is 9.69. The molecule has 1 fully saturated rings. The second-order valence-corrected chi connectivity index (χ2v) is 7.43. The van der Waals surface area contributed by atoms with E-state index in [0.29, 0.717) is 10.8 Å². The zero-order valence-corrected chi connectivity index (χ0v) is 16.4. The van der Waals surface area contributed by atoms with Crippen LogP contribution in [0.15, 0.2) is 76.9 Å². The summed E-state index contributed by atoms with van der Waals surface area (Å²) in [7, 11) is 0. The van der Waals surface area contributed by atoms with Crippen molar-refractivity contribution in [2.24, 2.45) is 0 Å². The lowest BCUT2D eigenvalue weighted by Crippen LogP contribution is -2.24. The molecule has 136 valence electrons. The van der Waals surface area contributed by atoms with Gasteiger partial charge in [-0.15, -0.1) is 0 Å². The van der Waals surface area contributed by atoms with Crippen molar-refractivity contribution in [1.29, 1.82) is 0 Å². The van der Waals surface area contributed by atoms with Gasteiger partial charge in [-0.2, -0.15) is 0 Å². The van der Waals surface area contributed by atoms with E-state index in [9.17, 15) is 9.59 Å². The number of carbonyl (C=O) groups is 2. The number of ketones is 1. The van der Waals surface area contributed by atoms with Gasteiger partial charge in [0, 0.05) is 11.8 Å². The average Bonchev–Trinajstić information content (AvgIpc) is 2.95. The number of thioether (sulfide) groups is 1. The van der Waals surface area contributed by atoms with E-state index in [2.05, 4.69) is 26.8 Å². The van der Waals surface area contributed by atoms with E-state index in [4.69, 9.17) is 0 Å². The minimum Gasteiger partial charge on any atom is -0.290 e. The van der Waals surface area contributed by atoms with Crippen LogP contribution in [0.1, 0.15) is 33.6 Å². The molecule has 1 aromatic rings. The van der Waals surface area contributed by atoms with Gasteiger partial charge in [0.2, 0.25) is 5.91 Å². The number of rotatable bonds is 7. The SMILES string of the molecule is CC(C)=CCC/C(C)=C/C=C/C(=O)/C=C1\SCC(=O)N1c1ccccc1. The number of hydrogen-bond donors (Lipinski definition) is 0. The van der Waals surface area contributed by atoms with Crippen LogP contribution in [0.5, 0.6) is 0 Å². The monoisotopic (exact) mass is 367 g/mol. The molecule has 0 aliphatic carbocycles. The van der Waals surface area contributed by atoms with Crippen LogP contribution in [0, 0.1) is 0 Å². The van der Waals surface area contributed by atoms with Gasteiger partial charge in [0.1, 0.15) is 0 Å². The second kappa shape index (κ2) is 9.97. The van der Waals surface area contributed by atoms with E-state index in [-0.39, 0.29) is 11.7 Å². The molecule has 4 heteroatoms. The molecule has 2 rings (SSSR count). The van der Waals surface area contributed by atoms with E-state index < -0.39 is 0 Å². The summed E-state index contributed by atoms with van der Waals surface area (Å²) < 4.78 is 0. The number of anilines is 1. The zero-order chi connectivity index (χ0) is 18.9. The van der Waals surface area contributed by atoms with E-state index >= 15 is 0 Å². The first kappa shape index (κ1) is 20.0. The lowest BCUT2D eigenvalue weighted by atomic mass is 10.1. The highest BCUT2D eigenvalue weighted by Crippen LogP contribution is 2.33. The Labute approximate surface area is 160 Å². The van der Waals surface area contributed by atoms with Crippen LogP contribution in [0.2, 0.25) is 0 Å². The molecule has 1 saturated heterocycles. The van der Waals surface area contributed by atoms with E-state index in [1.807, 2.05) is 36.4 Å². The van der Waals surface area contributed by atoms with Crippen molar-refractivity contribution in [1.82, 2.24) is 0 Å². The Morgan fingerprint density at radius 2 is 1.92 bits per heavy atom. The molecular formula is C22H25NO2S. The molecular weight excluding hydrogens is 342 g/mol. The van der Waals surface area contributed by atoms with Gasteiger partial charge < -0.3 is 0 Å². The molecule has 0 atom stereocenters. The normalized spacial score (nSPS) is 16.6. The molecule has 3 nitrogen and oxygen atoms in total. The third-order valence-corrected chi connectivity index (χ3v) is 4.81. The molecule has 0 unspecified atom stereocenters. The third-order valence-electron chi connectivity index (χ3n) is 3.83. The maximum atomic E-state index is 12.2. The maximum absolute atomic E-state index is 12.2. The van der Waals surface area contributed by atoms with Crippen LogP contribution in [-0.2, 0) is 9.59 Å². The maximum Gasteiger partial charge on any atom is 0.242 e. The predicted octanol–water partition coefficient (Wildman–Crippen LogP) is 5.43. The van der Waals surface area contributed by atoms with Gasteiger partial charge in [0.05, 0.1) is 10.8 Å². The lowest BCUT2D eigenvalue weighted by Gasteiger charge is -2.16. The highest BCUT2D eigenvalue weighted by Gasteiger charge is 2.28. The van der Waals surface area contributed by atoms with Gasteiger partial charge in [-0.1, -0.05) is 59.3 Å². The number of benzene rings is 1. The molecule has 1 aliphatic heterocycles. The van der Waals surface area contributed by atoms with Crippen molar-refractivity contribution in [3.63, 3.8) is 0 Å². The Bertz CT molecular complexity index is 769. The van der Waals surface area contributed by atoms with Crippen molar-refractivity contribution in [3.8, 4) is 0 Å². The standard InChI is InChI=1S/C22H25NO2S/c1-17(2)9-7-10-18(3)11-8-14-20(24)15-22-23(21(25)16-26-22)19-12-5-4-6-13-19/h4-6,8-9,11-15H,7,10,16H2,1-3H3/b14-8+,18-11+,22-15-. The smallest absolute Gasteiger partial charge is 0.242 e. The Balaban J connectivity index is 2.01. The first-order valence-electron chi connectivity index (χ1n) is 8.71. The van der Waals surface area contributed by atoms with Crippen LogP contribution in [0.25, 0.3) is 0 Å². The van der Waals surface area contributed by atoms with Gasteiger partial charge >= 0.3 is 0 Å². The Kier molecular flexibility index (Phi) is 7.67. The van der Waals surface area contributed by atoms with Gasteiger partial charge in [0.25, 0.3) is 0 Å². The number of allylic oxidation sites excluding steroid dienone is 7. The van der Waals surface area contributed by atoms with Gasteiger partial charge in [-0.05, 0) is 51.8 Å². The first-order chi connectivity index (χ1) is 12.5. The third kappa shape index (κ3) is 6.19. The molecule has 1 aliphatic rings. The molecule has 0 saturated carbocycles. The summed E-state index contributed by atoms with van der Waals surface area (Å²) in [5.74, 6) is 0.247.